The number of hydrogen-bond donors (Lipinski definition) is 2. The maximum atomic E-state index is 10.8. The Morgan fingerprint density at radius 2 is 2.06 bits per heavy atom. The average Bonchev–Trinajstić information content (AvgIpc) is 2.30. The normalized spacial score (nSPS) is 10.6. The lowest BCUT2D eigenvalue weighted by Crippen LogP contribution is -1.96. The number of ether oxygens (including phenoxy) is 1. The second-order valence-corrected chi connectivity index (χ2v) is 3.79. The highest BCUT2D eigenvalue weighted by molar-refractivity contribution is 5.97. The van der Waals surface area contributed by atoms with E-state index >= 15 is 0 Å². The number of rotatable bonds is 3. The van der Waals surface area contributed by atoms with Crippen LogP contribution < -0.4 is 0 Å². The minimum absolute atomic E-state index is 0.0298. The van der Waals surface area contributed by atoms with E-state index in [4.69, 9.17) is 9.84 Å². The second kappa shape index (κ2) is 4.43. The van der Waals surface area contributed by atoms with Gasteiger partial charge in [0.1, 0.15) is 5.75 Å². The van der Waals surface area contributed by atoms with E-state index in [1.54, 1.807) is 19.2 Å². The highest BCUT2D eigenvalue weighted by Crippen LogP contribution is 2.27. The van der Waals surface area contributed by atoms with E-state index in [1.165, 1.54) is 12.1 Å². The quantitative estimate of drug-likeness (QED) is 0.852. The summed E-state index contributed by atoms with van der Waals surface area (Å²) in [6, 6.07) is 8.20. The Morgan fingerprint density at radius 1 is 1.29 bits per heavy atom. The van der Waals surface area contributed by atoms with E-state index in [-0.39, 0.29) is 11.3 Å². The summed E-state index contributed by atoms with van der Waals surface area (Å²) in [5.74, 6) is -1.08. The van der Waals surface area contributed by atoms with Crippen LogP contribution in [0.3, 0.4) is 0 Å². The van der Waals surface area contributed by atoms with Gasteiger partial charge in [-0.2, -0.15) is 0 Å². The number of benzene rings is 2. The van der Waals surface area contributed by atoms with Gasteiger partial charge < -0.3 is 14.9 Å². The topological polar surface area (TPSA) is 66.8 Å². The molecule has 0 atom stereocenters. The Bertz CT molecular complexity index is 575. The van der Waals surface area contributed by atoms with Crippen molar-refractivity contribution in [3.63, 3.8) is 0 Å². The average molecular weight is 232 g/mol. The van der Waals surface area contributed by atoms with Crippen molar-refractivity contribution in [3.05, 3.63) is 41.5 Å². The van der Waals surface area contributed by atoms with Crippen molar-refractivity contribution in [1.29, 1.82) is 0 Å². The van der Waals surface area contributed by atoms with Crippen molar-refractivity contribution in [1.82, 2.24) is 0 Å². The Kier molecular flexibility index (Phi) is 2.97. The van der Waals surface area contributed by atoms with Crippen molar-refractivity contribution < 1.29 is 19.7 Å². The third kappa shape index (κ3) is 2.21. The van der Waals surface area contributed by atoms with Gasteiger partial charge in [0.05, 0.1) is 12.2 Å². The summed E-state index contributed by atoms with van der Waals surface area (Å²) >= 11 is 0. The van der Waals surface area contributed by atoms with Crippen LogP contribution in [0.15, 0.2) is 30.3 Å². The van der Waals surface area contributed by atoms with Crippen LogP contribution in [0.2, 0.25) is 0 Å². The molecule has 0 aliphatic rings. The molecule has 0 amide bonds. The summed E-state index contributed by atoms with van der Waals surface area (Å²) < 4.78 is 5.00. The van der Waals surface area contributed by atoms with E-state index in [0.717, 1.165) is 5.56 Å². The van der Waals surface area contributed by atoms with Crippen LogP contribution in [-0.2, 0) is 11.3 Å². The molecule has 17 heavy (non-hydrogen) atoms. The van der Waals surface area contributed by atoms with Gasteiger partial charge in [-0.05, 0) is 29.1 Å². The van der Waals surface area contributed by atoms with Crippen molar-refractivity contribution in [3.8, 4) is 5.75 Å². The fourth-order valence-corrected chi connectivity index (χ4v) is 1.77. The number of carboxylic acids is 1. The number of fused-ring (bicyclic) bond motifs is 1. The van der Waals surface area contributed by atoms with Crippen LogP contribution in [-0.4, -0.2) is 23.3 Å². The van der Waals surface area contributed by atoms with E-state index in [1.807, 2.05) is 6.07 Å². The van der Waals surface area contributed by atoms with Gasteiger partial charge in [-0.3, -0.25) is 0 Å². The molecule has 2 aromatic rings. The second-order valence-electron chi connectivity index (χ2n) is 3.79. The van der Waals surface area contributed by atoms with Gasteiger partial charge in [0.2, 0.25) is 0 Å². The third-order valence-electron chi connectivity index (χ3n) is 2.55. The standard InChI is InChI=1S/C13H12O4/c1-17-7-8-2-3-9-5-10(13(15)16)6-12(14)11(9)4-8/h2-6,14H,7H2,1H3,(H,15,16). The number of aromatic carboxylic acids is 1. The van der Waals surface area contributed by atoms with Crippen LogP contribution in [0.1, 0.15) is 15.9 Å². The molecule has 0 aromatic heterocycles. The van der Waals surface area contributed by atoms with Gasteiger partial charge in [0, 0.05) is 12.5 Å². The molecule has 0 saturated carbocycles. The smallest absolute Gasteiger partial charge is 0.335 e. The van der Waals surface area contributed by atoms with Crippen LogP contribution >= 0.6 is 0 Å². The molecule has 0 aliphatic carbocycles. The molecule has 4 heteroatoms. The predicted octanol–water partition coefficient (Wildman–Crippen LogP) is 2.39. The zero-order chi connectivity index (χ0) is 12.4. The van der Waals surface area contributed by atoms with Gasteiger partial charge in [-0.25, -0.2) is 4.79 Å². The van der Waals surface area contributed by atoms with Gasteiger partial charge in [0.25, 0.3) is 0 Å². The van der Waals surface area contributed by atoms with E-state index in [9.17, 15) is 9.90 Å². The fourth-order valence-electron chi connectivity index (χ4n) is 1.77. The molecule has 0 saturated heterocycles. The van der Waals surface area contributed by atoms with Crippen molar-refractivity contribution in [2.75, 3.05) is 7.11 Å². The first-order valence-corrected chi connectivity index (χ1v) is 5.09. The van der Waals surface area contributed by atoms with Crippen LogP contribution in [0, 0.1) is 0 Å². The molecule has 0 radical (unpaired) electrons. The molecule has 0 bridgehead atoms. The molecule has 0 fully saturated rings. The summed E-state index contributed by atoms with van der Waals surface area (Å²) in [6.07, 6.45) is 0. The first-order chi connectivity index (χ1) is 8.11. The molecule has 2 aromatic carbocycles. The number of hydrogen-bond acceptors (Lipinski definition) is 3. The zero-order valence-electron chi connectivity index (χ0n) is 9.30. The highest BCUT2D eigenvalue weighted by Gasteiger charge is 2.08. The Balaban J connectivity index is 2.60. The number of aromatic hydroxyl groups is 1. The van der Waals surface area contributed by atoms with Crippen molar-refractivity contribution in [2.24, 2.45) is 0 Å². The first-order valence-electron chi connectivity index (χ1n) is 5.09. The molecular weight excluding hydrogens is 220 g/mol. The fraction of sp³-hybridized carbons (Fsp3) is 0.154. The largest absolute Gasteiger partial charge is 0.507 e. The summed E-state index contributed by atoms with van der Waals surface area (Å²) in [7, 11) is 1.59. The Hall–Kier alpha value is -2.07. The maximum Gasteiger partial charge on any atom is 0.335 e. The summed E-state index contributed by atoms with van der Waals surface area (Å²) in [5, 5.41) is 20.0. The third-order valence-corrected chi connectivity index (χ3v) is 2.55. The molecule has 4 nitrogen and oxygen atoms in total. The van der Waals surface area contributed by atoms with Gasteiger partial charge in [-0.1, -0.05) is 12.1 Å². The van der Waals surface area contributed by atoms with Crippen LogP contribution in [0.25, 0.3) is 10.8 Å². The highest BCUT2D eigenvalue weighted by atomic mass is 16.5. The number of phenolic OH excluding ortho intramolecular Hbond substituents is 1. The minimum Gasteiger partial charge on any atom is -0.507 e. The van der Waals surface area contributed by atoms with Gasteiger partial charge >= 0.3 is 5.97 Å². The van der Waals surface area contributed by atoms with Crippen LogP contribution in [0.5, 0.6) is 5.75 Å². The molecule has 0 aliphatic heterocycles. The predicted molar refractivity (Wildman–Crippen MR) is 63.3 cm³/mol. The summed E-state index contributed by atoms with van der Waals surface area (Å²) in [4.78, 5) is 10.8. The lowest BCUT2D eigenvalue weighted by Gasteiger charge is -2.06. The summed E-state index contributed by atoms with van der Waals surface area (Å²) in [5.41, 5.74) is 1.01. The lowest BCUT2D eigenvalue weighted by molar-refractivity contribution is 0.0696. The Morgan fingerprint density at radius 3 is 2.71 bits per heavy atom. The molecular formula is C13H12O4. The maximum absolute atomic E-state index is 10.8. The number of carboxylic acid groups (broad SMARTS) is 1. The van der Waals surface area contributed by atoms with Gasteiger partial charge in [0.15, 0.2) is 0 Å². The summed E-state index contributed by atoms with van der Waals surface area (Å²) in [6.45, 7) is 0.454. The minimum atomic E-state index is -1.05. The number of carbonyl (C=O) groups is 1. The molecule has 88 valence electrons. The molecule has 0 unspecified atom stereocenters. The van der Waals surface area contributed by atoms with Crippen molar-refractivity contribution in [2.45, 2.75) is 6.61 Å². The molecule has 0 heterocycles. The van der Waals surface area contributed by atoms with Gasteiger partial charge in [-0.15, -0.1) is 0 Å². The monoisotopic (exact) mass is 232 g/mol. The van der Waals surface area contributed by atoms with Crippen molar-refractivity contribution >= 4 is 16.7 Å². The Labute approximate surface area is 98.1 Å². The van der Waals surface area contributed by atoms with Crippen LogP contribution in [0.4, 0.5) is 0 Å². The van der Waals surface area contributed by atoms with E-state index in [0.29, 0.717) is 17.4 Å². The number of methoxy groups -OCH3 is 1. The van der Waals surface area contributed by atoms with E-state index < -0.39 is 5.97 Å². The molecule has 2 N–H and O–H groups in total. The zero-order valence-corrected chi connectivity index (χ0v) is 9.30. The first kappa shape index (κ1) is 11.4. The number of phenols is 1. The SMILES string of the molecule is COCc1ccc2cc(C(=O)O)cc(O)c2c1. The molecule has 0 spiro atoms. The van der Waals surface area contributed by atoms with E-state index in [2.05, 4.69) is 0 Å². The lowest BCUT2D eigenvalue weighted by atomic mass is 10.0. The molecule has 2 rings (SSSR count).